The number of thiophene rings is 1. The summed E-state index contributed by atoms with van der Waals surface area (Å²) in [5, 5.41) is 7.85. The second kappa shape index (κ2) is 8.11. The van der Waals surface area contributed by atoms with E-state index in [1.54, 1.807) is 36.5 Å². The fraction of sp³-hybridized carbons (Fsp3) is 0.261. The number of benzene rings is 1. The lowest BCUT2D eigenvalue weighted by Gasteiger charge is -2.13. The van der Waals surface area contributed by atoms with Crippen LogP contribution in [0.15, 0.2) is 28.8 Å². The van der Waals surface area contributed by atoms with Crippen molar-refractivity contribution in [1.82, 2.24) is 10.1 Å². The molecule has 0 saturated heterocycles. The van der Waals surface area contributed by atoms with Gasteiger partial charge in [0.2, 0.25) is 0 Å². The summed E-state index contributed by atoms with van der Waals surface area (Å²) >= 11 is 8.11. The number of nitrogens with zero attached hydrogens (tertiary/aromatic N) is 2. The number of carbonyl (C=O) groups excluding carboxylic acids is 1. The molecule has 3 aromatic heterocycles. The maximum atomic E-state index is 13.4. The third kappa shape index (κ3) is 3.69. The van der Waals surface area contributed by atoms with E-state index in [-0.39, 0.29) is 5.91 Å². The number of rotatable bonds is 3. The molecule has 0 saturated carbocycles. The predicted molar refractivity (Wildman–Crippen MR) is 124 cm³/mol. The molecule has 9 heteroatoms. The summed E-state index contributed by atoms with van der Waals surface area (Å²) in [6.45, 7) is 6.95. The summed E-state index contributed by atoms with van der Waals surface area (Å²) in [7, 11) is 0. The van der Waals surface area contributed by atoms with Crippen molar-refractivity contribution in [3.8, 4) is 22.8 Å². The van der Waals surface area contributed by atoms with Gasteiger partial charge in [-0.05, 0) is 32.9 Å². The van der Waals surface area contributed by atoms with Crippen LogP contribution >= 0.6 is 22.9 Å². The number of aryl methyl sites for hydroxylation is 3. The van der Waals surface area contributed by atoms with Crippen molar-refractivity contribution in [3.05, 3.63) is 50.3 Å². The minimum Gasteiger partial charge on any atom is -0.490 e. The summed E-state index contributed by atoms with van der Waals surface area (Å²) in [4.78, 5) is 20.3. The average Bonchev–Trinajstić information content (AvgIpc) is 3.21. The molecule has 4 heterocycles. The molecule has 1 aromatic carbocycles. The van der Waals surface area contributed by atoms with Crippen molar-refractivity contribution in [1.29, 1.82) is 0 Å². The number of carbonyl (C=O) groups is 1. The molecule has 164 valence electrons. The Kier molecular flexibility index (Phi) is 5.27. The van der Waals surface area contributed by atoms with Gasteiger partial charge in [0.25, 0.3) is 11.6 Å². The molecule has 0 radical (unpaired) electrons. The van der Waals surface area contributed by atoms with Gasteiger partial charge in [-0.25, -0.2) is 4.98 Å². The van der Waals surface area contributed by atoms with Gasteiger partial charge in [-0.15, -0.1) is 11.3 Å². The molecule has 0 unspecified atom stereocenters. The van der Waals surface area contributed by atoms with E-state index < -0.39 is 0 Å². The number of hydrogen-bond donors (Lipinski definition) is 1. The smallest absolute Gasteiger partial charge is 0.259 e. The lowest BCUT2D eigenvalue weighted by Crippen LogP contribution is -2.13. The molecule has 7 nitrogen and oxygen atoms in total. The molecule has 1 aliphatic heterocycles. The van der Waals surface area contributed by atoms with E-state index in [1.807, 2.05) is 13.8 Å². The monoisotopic (exact) mass is 469 g/mol. The molecule has 5 rings (SSSR count). The van der Waals surface area contributed by atoms with Gasteiger partial charge in [-0.2, -0.15) is 0 Å². The highest BCUT2D eigenvalue weighted by atomic mass is 35.5. The molecular weight excluding hydrogens is 450 g/mol. The molecule has 0 spiro atoms. The van der Waals surface area contributed by atoms with E-state index in [0.29, 0.717) is 63.5 Å². The Morgan fingerprint density at radius 3 is 2.56 bits per heavy atom. The van der Waals surface area contributed by atoms with Crippen LogP contribution in [0.5, 0.6) is 11.5 Å². The van der Waals surface area contributed by atoms with Gasteiger partial charge in [0.1, 0.15) is 0 Å². The van der Waals surface area contributed by atoms with E-state index >= 15 is 0 Å². The molecule has 1 amide bonds. The highest BCUT2D eigenvalue weighted by molar-refractivity contribution is 7.12. The largest absolute Gasteiger partial charge is 0.490 e. The maximum absolute atomic E-state index is 13.4. The number of fused-ring (bicyclic) bond motifs is 2. The van der Waals surface area contributed by atoms with E-state index in [9.17, 15) is 4.79 Å². The van der Waals surface area contributed by atoms with Crippen LogP contribution in [-0.2, 0) is 0 Å². The quantitative estimate of drug-likeness (QED) is 0.399. The van der Waals surface area contributed by atoms with Crippen LogP contribution in [0.3, 0.4) is 0 Å². The van der Waals surface area contributed by atoms with Gasteiger partial charge < -0.3 is 19.3 Å². The van der Waals surface area contributed by atoms with E-state index in [1.165, 1.54) is 0 Å². The predicted octanol–water partition coefficient (Wildman–Crippen LogP) is 5.94. The van der Waals surface area contributed by atoms with Crippen LogP contribution in [0.2, 0.25) is 5.02 Å². The second-order valence-electron chi connectivity index (χ2n) is 7.61. The van der Waals surface area contributed by atoms with E-state index in [4.69, 9.17) is 25.6 Å². The Morgan fingerprint density at radius 2 is 1.84 bits per heavy atom. The number of ether oxygens (including phenoxy) is 2. The van der Waals surface area contributed by atoms with Gasteiger partial charge in [0.05, 0.1) is 46.3 Å². The zero-order valence-electron chi connectivity index (χ0n) is 17.7. The highest BCUT2D eigenvalue weighted by Gasteiger charge is 2.22. The normalized spacial score (nSPS) is 13.2. The highest BCUT2D eigenvalue weighted by Crippen LogP contribution is 2.38. The Hall–Kier alpha value is -3.10. The van der Waals surface area contributed by atoms with Crippen molar-refractivity contribution in [2.24, 2.45) is 0 Å². The fourth-order valence-electron chi connectivity index (χ4n) is 3.77. The van der Waals surface area contributed by atoms with Crippen molar-refractivity contribution >= 4 is 45.6 Å². The molecule has 4 aromatic rings. The Bertz CT molecular complexity index is 1360. The molecular formula is C23H20ClN3O4S. The number of hydrogen-bond acceptors (Lipinski definition) is 7. The van der Waals surface area contributed by atoms with Crippen LogP contribution in [-0.4, -0.2) is 29.3 Å². The summed E-state index contributed by atoms with van der Waals surface area (Å²) in [5.41, 5.74) is 3.38. The van der Waals surface area contributed by atoms with Gasteiger partial charge in [-0.3, -0.25) is 4.79 Å². The first kappa shape index (κ1) is 20.8. The Balaban J connectivity index is 1.57. The number of pyridine rings is 1. The van der Waals surface area contributed by atoms with Gasteiger partial charge >= 0.3 is 0 Å². The first-order valence-corrected chi connectivity index (χ1v) is 11.3. The van der Waals surface area contributed by atoms with Gasteiger partial charge in [0.15, 0.2) is 11.5 Å². The topological polar surface area (TPSA) is 86.5 Å². The molecule has 32 heavy (non-hydrogen) atoms. The number of amides is 1. The lowest BCUT2D eigenvalue weighted by molar-refractivity contribution is 0.102. The van der Waals surface area contributed by atoms with Crippen molar-refractivity contribution in [2.75, 3.05) is 18.5 Å². The maximum Gasteiger partial charge on any atom is 0.259 e. The zero-order valence-corrected chi connectivity index (χ0v) is 19.3. The Morgan fingerprint density at radius 1 is 1.09 bits per heavy atom. The molecule has 0 bridgehead atoms. The third-order valence-electron chi connectivity index (χ3n) is 5.26. The molecule has 0 aliphatic carbocycles. The molecule has 0 fully saturated rings. The lowest BCUT2D eigenvalue weighted by atomic mass is 10.1. The number of nitrogens with one attached hydrogen (secondary N) is 1. The first-order valence-electron chi connectivity index (χ1n) is 10.2. The first-order chi connectivity index (χ1) is 15.4. The van der Waals surface area contributed by atoms with Crippen molar-refractivity contribution < 1.29 is 18.8 Å². The standard InChI is InChI=1S/C23H20ClN3O4S/c1-11-7-14(13(3)32-11)17-8-15(21-12(2)27-31-23(21)26-17)22(28)25-18-10-20-19(9-16(18)24)29-5-4-6-30-20/h7-10H,4-6H2,1-3H3,(H,25,28). The van der Waals surface area contributed by atoms with Crippen LogP contribution in [0.1, 0.15) is 32.2 Å². The fourth-order valence-corrected chi connectivity index (χ4v) is 4.90. The SMILES string of the molecule is Cc1cc(-c2cc(C(=O)Nc3cc4c(cc3Cl)OCCCO4)c3c(C)noc3n2)c(C)s1. The van der Waals surface area contributed by atoms with Crippen LogP contribution in [0.25, 0.3) is 22.4 Å². The number of halogens is 1. The van der Waals surface area contributed by atoms with E-state index in [0.717, 1.165) is 21.7 Å². The van der Waals surface area contributed by atoms with Crippen LogP contribution < -0.4 is 14.8 Å². The van der Waals surface area contributed by atoms with Crippen LogP contribution in [0, 0.1) is 20.8 Å². The average molecular weight is 470 g/mol. The van der Waals surface area contributed by atoms with Gasteiger partial charge in [-0.1, -0.05) is 16.8 Å². The van der Waals surface area contributed by atoms with E-state index in [2.05, 4.69) is 21.5 Å². The van der Waals surface area contributed by atoms with Crippen LogP contribution in [0.4, 0.5) is 5.69 Å². The minimum absolute atomic E-state index is 0.318. The molecule has 1 N–H and O–H groups in total. The van der Waals surface area contributed by atoms with Crippen molar-refractivity contribution in [3.63, 3.8) is 0 Å². The summed E-state index contributed by atoms with van der Waals surface area (Å²) in [6, 6.07) is 7.17. The minimum atomic E-state index is -0.342. The summed E-state index contributed by atoms with van der Waals surface area (Å²) < 4.78 is 16.8. The number of anilines is 1. The zero-order chi connectivity index (χ0) is 22.4. The molecule has 0 atom stereocenters. The van der Waals surface area contributed by atoms with Gasteiger partial charge in [0, 0.05) is 33.9 Å². The van der Waals surface area contributed by atoms with Crippen molar-refractivity contribution in [2.45, 2.75) is 27.2 Å². The second-order valence-corrected chi connectivity index (χ2v) is 9.48. The number of aromatic nitrogens is 2. The third-order valence-corrected chi connectivity index (χ3v) is 6.54. The molecule has 1 aliphatic rings. The summed E-state index contributed by atoms with van der Waals surface area (Å²) in [5.74, 6) is 0.775. The Labute approximate surface area is 193 Å². The summed E-state index contributed by atoms with van der Waals surface area (Å²) in [6.07, 6.45) is 0.778.